The van der Waals surface area contributed by atoms with Gasteiger partial charge in [-0.25, -0.2) is 0 Å². The molecule has 0 aromatic heterocycles. The van der Waals surface area contributed by atoms with Crippen LogP contribution in [0.1, 0.15) is 70.0 Å². The standard InChI is InChI=1S/C28H41O7P.Li.H/c1-10-30-20(7)33-23-15-24(34-21(8)31-11-2)27(25(16-23)35-22(9)32-12-3)36-28(29)26-18(5)13-17(4)14-19(26)6;;/h13-16,20-22,36H,10-12H2,1-9H3;;/q;+1;-1. The molecule has 0 saturated heterocycles. The van der Waals surface area contributed by atoms with Gasteiger partial charge in [-0.05, 0) is 82.0 Å². The quantitative estimate of drug-likeness (QED) is 0.200. The maximum atomic E-state index is 13.6. The van der Waals surface area contributed by atoms with Crippen LogP contribution >= 0.6 is 8.58 Å². The van der Waals surface area contributed by atoms with Crippen molar-refractivity contribution in [2.75, 3.05) is 19.8 Å². The van der Waals surface area contributed by atoms with Crippen molar-refractivity contribution in [1.29, 1.82) is 0 Å². The topological polar surface area (TPSA) is 72.5 Å². The van der Waals surface area contributed by atoms with Gasteiger partial charge in [0.1, 0.15) is 17.2 Å². The Morgan fingerprint density at radius 1 is 0.757 bits per heavy atom. The van der Waals surface area contributed by atoms with E-state index < -0.39 is 18.9 Å². The summed E-state index contributed by atoms with van der Waals surface area (Å²) in [4.78, 5) is 13.6. The first kappa shape index (κ1) is 33.4. The predicted octanol–water partition coefficient (Wildman–Crippen LogP) is 3.16. The summed E-state index contributed by atoms with van der Waals surface area (Å²) in [6.07, 6.45) is -1.54. The number of rotatable bonds is 15. The third kappa shape index (κ3) is 10.2. The molecule has 0 bridgehead atoms. The first-order valence-electron chi connectivity index (χ1n) is 12.5. The Hall–Kier alpha value is -1.58. The normalized spacial score (nSPS) is 13.6. The molecule has 4 unspecified atom stereocenters. The third-order valence-corrected chi connectivity index (χ3v) is 6.49. The van der Waals surface area contributed by atoms with Crippen molar-refractivity contribution in [3.63, 3.8) is 0 Å². The molecule has 0 aliphatic rings. The van der Waals surface area contributed by atoms with Crippen LogP contribution in [-0.4, -0.2) is 44.2 Å². The summed E-state index contributed by atoms with van der Waals surface area (Å²) >= 11 is 0. The fraction of sp³-hybridized carbons (Fsp3) is 0.536. The molecular weight excluding hydrogens is 486 g/mol. The molecule has 0 heterocycles. The smallest absolute Gasteiger partial charge is 1.00 e. The second-order valence-corrected chi connectivity index (χ2v) is 9.65. The van der Waals surface area contributed by atoms with E-state index in [0.717, 1.165) is 22.3 Å². The van der Waals surface area contributed by atoms with E-state index in [9.17, 15) is 4.79 Å². The molecule has 37 heavy (non-hydrogen) atoms. The van der Waals surface area contributed by atoms with E-state index in [0.29, 0.717) is 42.4 Å². The molecule has 4 atom stereocenters. The number of aryl methyl sites for hydroxylation is 3. The minimum absolute atomic E-state index is 0. The molecule has 9 heteroatoms. The molecule has 2 aromatic rings. The number of hydrogen-bond donors (Lipinski definition) is 0. The summed E-state index contributed by atoms with van der Waals surface area (Å²) in [6, 6.07) is 7.57. The number of carbonyl (C=O) groups is 1. The van der Waals surface area contributed by atoms with Gasteiger partial charge in [0, 0.05) is 37.5 Å². The Morgan fingerprint density at radius 2 is 1.16 bits per heavy atom. The fourth-order valence-electron chi connectivity index (χ4n) is 4.01. The number of benzene rings is 2. The van der Waals surface area contributed by atoms with Crippen molar-refractivity contribution < 1.29 is 53.5 Å². The summed E-state index contributed by atoms with van der Waals surface area (Å²) in [5.41, 5.74) is 3.75. The molecule has 2 aromatic carbocycles. The van der Waals surface area contributed by atoms with Gasteiger partial charge in [-0.3, -0.25) is 4.79 Å². The number of hydrogen-bond acceptors (Lipinski definition) is 7. The van der Waals surface area contributed by atoms with Crippen molar-refractivity contribution in [2.45, 2.75) is 81.2 Å². The van der Waals surface area contributed by atoms with Crippen LogP contribution in [-0.2, 0) is 14.2 Å². The van der Waals surface area contributed by atoms with E-state index >= 15 is 0 Å². The van der Waals surface area contributed by atoms with Gasteiger partial charge >= 0.3 is 18.9 Å². The van der Waals surface area contributed by atoms with Crippen LogP contribution in [0.4, 0.5) is 0 Å². The first-order chi connectivity index (χ1) is 17.1. The molecular formula is C28H42LiO7P. The molecule has 7 nitrogen and oxygen atoms in total. The van der Waals surface area contributed by atoms with Crippen LogP contribution in [0.3, 0.4) is 0 Å². The number of carbonyl (C=O) groups excluding carboxylic acids is 1. The maximum Gasteiger partial charge on any atom is 1.00 e. The van der Waals surface area contributed by atoms with E-state index in [1.54, 1.807) is 12.1 Å². The van der Waals surface area contributed by atoms with Crippen LogP contribution in [0.25, 0.3) is 0 Å². The molecule has 0 amide bonds. The van der Waals surface area contributed by atoms with E-state index in [-0.39, 0.29) is 34.4 Å². The molecule has 0 N–H and O–H groups in total. The molecule has 0 aliphatic carbocycles. The van der Waals surface area contributed by atoms with Crippen molar-refractivity contribution in [3.05, 3.63) is 46.5 Å². The van der Waals surface area contributed by atoms with Crippen LogP contribution in [0.15, 0.2) is 24.3 Å². The van der Waals surface area contributed by atoms with Gasteiger partial charge in [0.2, 0.25) is 0 Å². The Kier molecular flexibility index (Phi) is 14.8. The van der Waals surface area contributed by atoms with E-state index in [1.165, 1.54) is 0 Å². The summed E-state index contributed by atoms with van der Waals surface area (Å²) in [5, 5.41) is 0.633. The first-order valence-corrected chi connectivity index (χ1v) is 13.5. The van der Waals surface area contributed by atoms with E-state index in [2.05, 4.69) is 0 Å². The van der Waals surface area contributed by atoms with Crippen molar-refractivity contribution in [1.82, 2.24) is 0 Å². The average molecular weight is 529 g/mol. The zero-order valence-electron chi connectivity index (χ0n) is 25.0. The van der Waals surface area contributed by atoms with Crippen LogP contribution in [0.5, 0.6) is 17.2 Å². The summed E-state index contributed by atoms with van der Waals surface area (Å²) < 4.78 is 35.1. The monoisotopic (exact) mass is 528 g/mol. The van der Waals surface area contributed by atoms with E-state index in [1.807, 2.05) is 74.4 Å². The SMILES string of the molecule is CCOC(C)Oc1cc(OC(C)OCC)c(PC(=O)c2c(C)cc(C)cc2C)c(OC(C)OCC)c1.[H-].[Li+]. The molecule has 0 spiro atoms. The van der Waals surface area contributed by atoms with Gasteiger partial charge in [-0.15, -0.1) is 0 Å². The Labute approximate surface area is 237 Å². The molecule has 0 saturated carbocycles. The van der Waals surface area contributed by atoms with Crippen LogP contribution in [0, 0.1) is 20.8 Å². The third-order valence-electron chi connectivity index (χ3n) is 5.27. The summed E-state index contributed by atoms with van der Waals surface area (Å²) in [6.45, 7) is 18.6. The van der Waals surface area contributed by atoms with Gasteiger partial charge < -0.3 is 29.8 Å². The molecule has 202 valence electrons. The Balaban J connectivity index is 0.00000684. The van der Waals surface area contributed by atoms with Crippen LogP contribution in [0.2, 0.25) is 0 Å². The Bertz CT molecular complexity index is 963. The predicted molar refractivity (Wildman–Crippen MR) is 146 cm³/mol. The second-order valence-electron chi connectivity index (χ2n) is 8.44. The fourth-order valence-corrected chi connectivity index (χ4v) is 5.27. The average Bonchev–Trinajstić information content (AvgIpc) is 2.75. The van der Waals surface area contributed by atoms with Gasteiger partial charge in [0.15, 0.2) is 24.4 Å². The minimum Gasteiger partial charge on any atom is -1.00 e. The van der Waals surface area contributed by atoms with Gasteiger partial charge in [0.25, 0.3) is 0 Å². The van der Waals surface area contributed by atoms with Crippen molar-refractivity contribution >= 4 is 19.4 Å². The minimum atomic E-state index is -0.534. The summed E-state index contributed by atoms with van der Waals surface area (Å²) in [5.74, 6) is 1.42. The maximum absolute atomic E-state index is 13.6. The molecule has 0 radical (unpaired) electrons. The van der Waals surface area contributed by atoms with Crippen LogP contribution < -0.4 is 38.4 Å². The van der Waals surface area contributed by atoms with Gasteiger partial charge in [-0.2, -0.15) is 0 Å². The zero-order valence-corrected chi connectivity index (χ0v) is 25.0. The van der Waals surface area contributed by atoms with E-state index in [4.69, 9.17) is 28.4 Å². The van der Waals surface area contributed by atoms with Gasteiger partial charge in [-0.1, -0.05) is 17.7 Å². The zero-order chi connectivity index (χ0) is 26.8. The largest absolute Gasteiger partial charge is 1.00 e. The number of ether oxygens (including phenoxy) is 6. The van der Waals surface area contributed by atoms with Crippen molar-refractivity contribution in [3.8, 4) is 17.2 Å². The molecule has 2 rings (SSSR count). The molecule has 0 fully saturated rings. The second kappa shape index (κ2) is 16.4. The Morgan fingerprint density at radius 3 is 1.57 bits per heavy atom. The van der Waals surface area contributed by atoms with Crippen molar-refractivity contribution in [2.24, 2.45) is 0 Å². The van der Waals surface area contributed by atoms with Gasteiger partial charge in [0.05, 0.1) is 5.30 Å². The summed E-state index contributed by atoms with van der Waals surface area (Å²) in [7, 11) is -0.248. The molecule has 0 aliphatic heterocycles.